The van der Waals surface area contributed by atoms with Gasteiger partial charge < -0.3 is 14.2 Å². The Kier molecular flexibility index (Phi) is 6.08. The van der Waals surface area contributed by atoms with Crippen LogP contribution in [0.15, 0.2) is 54.6 Å². The lowest BCUT2D eigenvalue weighted by molar-refractivity contribution is 0.0510. The Morgan fingerprint density at radius 3 is 2.50 bits per heavy atom. The van der Waals surface area contributed by atoms with Gasteiger partial charge >= 0.3 is 0 Å². The molecule has 0 unspecified atom stereocenters. The highest BCUT2D eigenvalue weighted by atomic mass is 16.7. The fraction of sp³-hybridized carbons (Fsp3) is 0.294. The largest absolute Gasteiger partial charge is 0.468 e. The first-order chi connectivity index (χ1) is 9.88. The maximum Gasteiger partial charge on any atom is 0.188 e. The van der Waals surface area contributed by atoms with Gasteiger partial charge in [0.05, 0.1) is 13.2 Å². The number of hydrogen-bond acceptors (Lipinski definition) is 3. The summed E-state index contributed by atoms with van der Waals surface area (Å²) in [6.07, 6.45) is 0.872. The van der Waals surface area contributed by atoms with Crippen LogP contribution >= 0.6 is 0 Å². The quantitative estimate of drug-likeness (QED) is 0.544. The Morgan fingerprint density at radius 1 is 0.900 bits per heavy atom. The summed E-state index contributed by atoms with van der Waals surface area (Å²) >= 11 is 0. The summed E-state index contributed by atoms with van der Waals surface area (Å²) in [6.45, 7) is 1.62. The van der Waals surface area contributed by atoms with Crippen molar-refractivity contribution in [2.24, 2.45) is 0 Å². The van der Waals surface area contributed by atoms with Gasteiger partial charge in [-0.1, -0.05) is 42.5 Å². The van der Waals surface area contributed by atoms with Gasteiger partial charge in [0, 0.05) is 7.11 Å². The van der Waals surface area contributed by atoms with E-state index in [-0.39, 0.29) is 6.79 Å². The maximum absolute atomic E-state index is 5.68. The highest BCUT2D eigenvalue weighted by Gasteiger charge is 1.98. The molecule has 2 rings (SSSR count). The molecule has 0 bridgehead atoms. The standard InChI is InChI=1S/C17H20O3/c1-18-14-20-17-9-5-8-15(12-17)10-11-19-13-16-6-3-2-4-7-16/h2-9,12H,10-11,13-14H2,1H3. The second-order valence-corrected chi connectivity index (χ2v) is 4.49. The zero-order chi connectivity index (χ0) is 14.0. The van der Waals surface area contributed by atoms with Crippen molar-refractivity contribution in [1.82, 2.24) is 0 Å². The first-order valence-corrected chi connectivity index (χ1v) is 6.71. The minimum absolute atomic E-state index is 0.272. The van der Waals surface area contributed by atoms with Gasteiger partial charge in [-0.2, -0.15) is 0 Å². The van der Waals surface area contributed by atoms with Crippen molar-refractivity contribution in [2.45, 2.75) is 13.0 Å². The molecule has 106 valence electrons. The van der Waals surface area contributed by atoms with Crippen LogP contribution in [-0.4, -0.2) is 20.5 Å². The normalized spacial score (nSPS) is 10.4. The Balaban J connectivity index is 1.73. The van der Waals surface area contributed by atoms with Crippen LogP contribution in [0.25, 0.3) is 0 Å². The molecule has 2 aromatic rings. The third-order valence-electron chi connectivity index (χ3n) is 2.89. The average Bonchev–Trinajstić information content (AvgIpc) is 2.51. The summed E-state index contributed by atoms with van der Waals surface area (Å²) in [7, 11) is 1.61. The zero-order valence-corrected chi connectivity index (χ0v) is 11.7. The van der Waals surface area contributed by atoms with Crippen molar-refractivity contribution in [3.05, 3.63) is 65.7 Å². The van der Waals surface area contributed by atoms with Gasteiger partial charge in [-0.15, -0.1) is 0 Å². The van der Waals surface area contributed by atoms with Crippen molar-refractivity contribution in [2.75, 3.05) is 20.5 Å². The molecule has 0 atom stereocenters. The molecular weight excluding hydrogens is 252 g/mol. The summed E-state index contributed by atoms with van der Waals surface area (Å²) in [5, 5.41) is 0. The Bertz CT molecular complexity index is 497. The highest BCUT2D eigenvalue weighted by Crippen LogP contribution is 2.14. The molecule has 20 heavy (non-hydrogen) atoms. The lowest BCUT2D eigenvalue weighted by atomic mass is 10.1. The fourth-order valence-electron chi connectivity index (χ4n) is 1.87. The van der Waals surface area contributed by atoms with E-state index in [1.54, 1.807) is 7.11 Å². The smallest absolute Gasteiger partial charge is 0.188 e. The second kappa shape index (κ2) is 8.35. The van der Waals surface area contributed by atoms with E-state index in [1.165, 1.54) is 11.1 Å². The Labute approximate surface area is 120 Å². The minimum Gasteiger partial charge on any atom is -0.468 e. The third-order valence-corrected chi connectivity index (χ3v) is 2.89. The van der Waals surface area contributed by atoms with Gasteiger partial charge in [0.15, 0.2) is 6.79 Å². The molecule has 2 aromatic carbocycles. The lowest BCUT2D eigenvalue weighted by Gasteiger charge is -2.08. The van der Waals surface area contributed by atoms with Gasteiger partial charge in [-0.05, 0) is 29.7 Å². The molecule has 0 aromatic heterocycles. The Morgan fingerprint density at radius 2 is 1.70 bits per heavy atom. The number of methoxy groups -OCH3 is 1. The van der Waals surface area contributed by atoms with Gasteiger partial charge in [0.1, 0.15) is 5.75 Å². The molecule has 0 saturated carbocycles. The third kappa shape index (κ3) is 5.03. The van der Waals surface area contributed by atoms with Gasteiger partial charge in [0.2, 0.25) is 0 Å². The van der Waals surface area contributed by atoms with Crippen LogP contribution in [0.2, 0.25) is 0 Å². The zero-order valence-electron chi connectivity index (χ0n) is 11.7. The van der Waals surface area contributed by atoms with Gasteiger partial charge in [0.25, 0.3) is 0 Å². The first kappa shape index (κ1) is 14.6. The van der Waals surface area contributed by atoms with Crippen LogP contribution in [0, 0.1) is 0 Å². The number of benzene rings is 2. The van der Waals surface area contributed by atoms with E-state index >= 15 is 0 Å². The SMILES string of the molecule is COCOc1cccc(CCOCc2ccccc2)c1. The van der Waals surface area contributed by atoms with Crippen molar-refractivity contribution >= 4 is 0 Å². The summed E-state index contributed by atoms with van der Waals surface area (Å²) < 4.78 is 16.0. The van der Waals surface area contributed by atoms with E-state index in [9.17, 15) is 0 Å². The van der Waals surface area contributed by atoms with Gasteiger partial charge in [-0.25, -0.2) is 0 Å². The number of hydrogen-bond donors (Lipinski definition) is 0. The molecular formula is C17H20O3. The molecule has 3 nitrogen and oxygen atoms in total. The van der Waals surface area contributed by atoms with Crippen molar-refractivity contribution in [1.29, 1.82) is 0 Å². The topological polar surface area (TPSA) is 27.7 Å². The molecule has 0 saturated heterocycles. The van der Waals surface area contributed by atoms with Crippen LogP contribution in [-0.2, 0) is 22.5 Å². The predicted molar refractivity (Wildman–Crippen MR) is 78.7 cm³/mol. The molecule has 0 aliphatic carbocycles. The number of ether oxygens (including phenoxy) is 3. The van der Waals surface area contributed by atoms with Crippen molar-refractivity contribution < 1.29 is 14.2 Å². The monoisotopic (exact) mass is 272 g/mol. The summed E-state index contributed by atoms with van der Waals surface area (Å²) in [5.41, 5.74) is 2.40. The van der Waals surface area contributed by atoms with E-state index in [0.717, 1.165) is 12.2 Å². The van der Waals surface area contributed by atoms with Crippen LogP contribution in [0.4, 0.5) is 0 Å². The summed E-state index contributed by atoms with van der Waals surface area (Å²) in [4.78, 5) is 0. The highest BCUT2D eigenvalue weighted by molar-refractivity contribution is 5.28. The molecule has 0 N–H and O–H groups in total. The van der Waals surface area contributed by atoms with Crippen LogP contribution in [0.1, 0.15) is 11.1 Å². The van der Waals surface area contributed by atoms with Gasteiger partial charge in [-0.3, -0.25) is 0 Å². The van der Waals surface area contributed by atoms with E-state index in [2.05, 4.69) is 18.2 Å². The molecule has 0 aliphatic heterocycles. The first-order valence-electron chi connectivity index (χ1n) is 6.71. The van der Waals surface area contributed by atoms with Crippen LogP contribution in [0.3, 0.4) is 0 Å². The molecule has 0 radical (unpaired) electrons. The molecule has 3 heteroatoms. The van der Waals surface area contributed by atoms with Crippen molar-refractivity contribution in [3.8, 4) is 5.75 Å². The summed E-state index contributed by atoms with van der Waals surface area (Å²) in [6, 6.07) is 18.2. The fourth-order valence-corrected chi connectivity index (χ4v) is 1.87. The number of rotatable bonds is 8. The van der Waals surface area contributed by atoms with Crippen molar-refractivity contribution in [3.63, 3.8) is 0 Å². The van der Waals surface area contributed by atoms with E-state index in [4.69, 9.17) is 14.2 Å². The van der Waals surface area contributed by atoms with E-state index in [1.807, 2.05) is 36.4 Å². The molecule has 0 amide bonds. The molecule has 0 heterocycles. The molecule has 0 fully saturated rings. The van der Waals surface area contributed by atoms with Crippen LogP contribution in [0.5, 0.6) is 5.75 Å². The molecule has 0 spiro atoms. The van der Waals surface area contributed by atoms with E-state index in [0.29, 0.717) is 13.2 Å². The summed E-state index contributed by atoms with van der Waals surface area (Å²) in [5.74, 6) is 0.826. The Hall–Kier alpha value is -1.84. The minimum atomic E-state index is 0.272. The van der Waals surface area contributed by atoms with E-state index < -0.39 is 0 Å². The second-order valence-electron chi connectivity index (χ2n) is 4.49. The maximum atomic E-state index is 5.68. The predicted octanol–water partition coefficient (Wildman–Crippen LogP) is 3.43. The average molecular weight is 272 g/mol. The lowest BCUT2D eigenvalue weighted by Crippen LogP contribution is -2.01. The van der Waals surface area contributed by atoms with Crippen LogP contribution < -0.4 is 4.74 Å². The molecule has 0 aliphatic rings.